The van der Waals surface area contributed by atoms with E-state index in [9.17, 15) is 0 Å². The number of hydrogen-bond donors (Lipinski definition) is 1. The van der Waals surface area contributed by atoms with Crippen LogP contribution in [0, 0.1) is 5.92 Å². The second-order valence-corrected chi connectivity index (χ2v) is 7.87. The summed E-state index contributed by atoms with van der Waals surface area (Å²) in [5.41, 5.74) is 1.43. The third-order valence-electron chi connectivity index (χ3n) is 6.01. The molecule has 1 aromatic rings. The molecule has 4 heteroatoms. The predicted octanol–water partition coefficient (Wildman–Crippen LogP) is 3.86. The van der Waals surface area contributed by atoms with E-state index in [1.54, 1.807) is 0 Å². The summed E-state index contributed by atoms with van der Waals surface area (Å²) in [6.07, 6.45) is 8.18. The number of nitrogens with one attached hydrogen (secondary N) is 1. The maximum absolute atomic E-state index is 6.32. The van der Waals surface area contributed by atoms with Gasteiger partial charge >= 0.3 is 0 Å². The maximum atomic E-state index is 6.32. The van der Waals surface area contributed by atoms with Crippen molar-refractivity contribution >= 4 is 0 Å². The molecule has 0 radical (unpaired) electrons. The van der Waals surface area contributed by atoms with Crippen LogP contribution in [-0.4, -0.2) is 38.6 Å². The Kier molecular flexibility index (Phi) is 5.59. The van der Waals surface area contributed by atoms with Gasteiger partial charge in [-0.2, -0.15) is 0 Å². The monoisotopic (exact) mass is 345 g/mol. The molecule has 4 nitrogen and oxygen atoms in total. The van der Waals surface area contributed by atoms with E-state index in [2.05, 4.69) is 29.6 Å². The van der Waals surface area contributed by atoms with E-state index in [0.717, 1.165) is 64.4 Å². The molecule has 1 saturated heterocycles. The quantitative estimate of drug-likeness (QED) is 0.762. The minimum Gasteiger partial charge on any atom is -0.487 e. The largest absolute Gasteiger partial charge is 0.487 e. The number of ether oxygens (including phenoxy) is 3. The third-order valence-corrected chi connectivity index (χ3v) is 6.01. The van der Waals surface area contributed by atoms with E-state index in [1.165, 1.54) is 24.8 Å². The Labute approximate surface area is 151 Å². The van der Waals surface area contributed by atoms with Crippen molar-refractivity contribution in [3.63, 3.8) is 0 Å². The zero-order valence-electron chi connectivity index (χ0n) is 15.2. The molecule has 4 rings (SSSR count). The van der Waals surface area contributed by atoms with Gasteiger partial charge < -0.3 is 19.5 Å². The molecule has 3 aliphatic rings. The van der Waals surface area contributed by atoms with Crippen LogP contribution in [0.25, 0.3) is 0 Å². The minimum atomic E-state index is 0.103. The number of rotatable bonds is 7. The van der Waals surface area contributed by atoms with Crippen LogP contribution in [0.3, 0.4) is 0 Å². The second kappa shape index (κ2) is 8.07. The van der Waals surface area contributed by atoms with Crippen LogP contribution in [0.4, 0.5) is 0 Å². The molecule has 0 amide bonds. The summed E-state index contributed by atoms with van der Waals surface area (Å²) in [6, 6.07) is 8.95. The molecule has 1 unspecified atom stereocenters. The summed E-state index contributed by atoms with van der Waals surface area (Å²) >= 11 is 0. The minimum absolute atomic E-state index is 0.103. The number of fused-ring (bicyclic) bond motifs is 1. The highest BCUT2D eigenvalue weighted by Gasteiger charge is 2.45. The fraction of sp³-hybridized carbons (Fsp3) is 0.714. The van der Waals surface area contributed by atoms with Crippen molar-refractivity contribution in [2.75, 3.05) is 33.0 Å². The first kappa shape index (κ1) is 17.3. The molecule has 1 aromatic carbocycles. The van der Waals surface area contributed by atoms with Gasteiger partial charge in [0.15, 0.2) is 0 Å². The van der Waals surface area contributed by atoms with Crippen molar-refractivity contribution in [1.29, 1.82) is 0 Å². The zero-order chi connectivity index (χ0) is 17.0. The molecular formula is C21H31NO3. The Morgan fingerprint density at radius 3 is 2.80 bits per heavy atom. The number of benzene rings is 1. The van der Waals surface area contributed by atoms with Crippen molar-refractivity contribution < 1.29 is 14.2 Å². The fourth-order valence-electron chi connectivity index (χ4n) is 4.29. The standard InChI is InChI=1S/C21H31NO3/c1-2-6-20-18(5-1)19(15-21(25-20)9-3-10-21)22-11-4-12-24-16-17-7-13-23-14-8-17/h1-2,5-6,17,19,22H,3-4,7-16H2. The Morgan fingerprint density at radius 2 is 2.00 bits per heavy atom. The van der Waals surface area contributed by atoms with Crippen LogP contribution in [0.1, 0.15) is 56.6 Å². The first-order valence-electron chi connectivity index (χ1n) is 10.0. The summed E-state index contributed by atoms with van der Waals surface area (Å²) in [6.45, 7) is 4.55. The zero-order valence-corrected chi connectivity index (χ0v) is 15.2. The van der Waals surface area contributed by atoms with Gasteiger partial charge in [-0.05, 0) is 57.1 Å². The van der Waals surface area contributed by atoms with Gasteiger partial charge in [0.05, 0.1) is 0 Å². The summed E-state index contributed by atoms with van der Waals surface area (Å²) in [5.74, 6) is 1.78. The van der Waals surface area contributed by atoms with E-state index < -0.39 is 0 Å². The van der Waals surface area contributed by atoms with Crippen LogP contribution in [-0.2, 0) is 9.47 Å². The normalized spacial score (nSPS) is 25.2. The number of para-hydroxylation sites is 1. The Morgan fingerprint density at radius 1 is 1.16 bits per heavy atom. The molecule has 1 N–H and O–H groups in total. The van der Waals surface area contributed by atoms with Gasteiger partial charge in [0.25, 0.3) is 0 Å². The van der Waals surface area contributed by atoms with Crippen LogP contribution >= 0.6 is 0 Å². The second-order valence-electron chi connectivity index (χ2n) is 7.87. The van der Waals surface area contributed by atoms with E-state index in [1.807, 2.05) is 0 Å². The van der Waals surface area contributed by atoms with Crippen molar-refractivity contribution in [2.24, 2.45) is 5.92 Å². The molecule has 2 fully saturated rings. The Bertz CT molecular complexity index is 552. The molecule has 138 valence electrons. The van der Waals surface area contributed by atoms with Gasteiger partial charge in [-0.1, -0.05) is 18.2 Å². The molecule has 1 saturated carbocycles. The Hall–Kier alpha value is -1.10. The molecule has 2 heterocycles. The van der Waals surface area contributed by atoms with E-state index in [4.69, 9.17) is 14.2 Å². The lowest BCUT2D eigenvalue weighted by Gasteiger charge is -2.48. The molecule has 0 aromatic heterocycles. The van der Waals surface area contributed by atoms with Crippen LogP contribution < -0.4 is 10.1 Å². The van der Waals surface area contributed by atoms with E-state index in [-0.39, 0.29) is 5.60 Å². The lowest BCUT2D eigenvalue weighted by Crippen LogP contribution is -2.49. The van der Waals surface area contributed by atoms with E-state index in [0.29, 0.717) is 12.0 Å². The lowest BCUT2D eigenvalue weighted by molar-refractivity contribution is -0.0371. The highest BCUT2D eigenvalue weighted by molar-refractivity contribution is 5.39. The average molecular weight is 345 g/mol. The first-order chi connectivity index (χ1) is 12.3. The summed E-state index contributed by atoms with van der Waals surface area (Å²) in [5, 5.41) is 3.76. The highest BCUT2D eigenvalue weighted by Crippen LogP contribution is 2.48. The Balaban J connectivity index is 1.21. The lowest BCUT2D eigenvalue weighted by atomic mass is 9.73. The van der Waals surface area contributed by atoms with Crippen LogP contribution in [0.2, 0.25) is 0 Å². The van der Waals surface area contributed by atoms with Crippen molar-refractivity contribution in [3.05, 3.63) is 29.8 Å². The molecule has 25 heavy (non-hydrogen) atoms. The van der Waals surface area contributed by atoms with Crippen molar-refractivity contribution in [1.82, 2.24) is 5.32 Å². The average Bonchev–Trinajstić information content (AvgIpc) is 2.64. The molecule has 1 atom stereocenters. The van der Waals surface area contributed by atoms with Gasteiger partial charge in [0.2, 0.25) is 0 Å². The van der Waals surface area contributed by atoms with E-state index >= 15 is 0 Å². The summed E-state index contributed by atoms with van der Waals surface area (Å²) in [4.78, 5) is 0. The molecular weight excluding hydrogens is 314 g/mol. The SMILES string of the molecule is c1ccc2c(c1)OC1(CCC1)CC2NCCCOCC1CCOCC1. The van der Waals surface area contributed by atoms with Gasteiger partial charge in [-0.15, -0.1) is 0 Å². The molecule has 2 aliphatic heterocycles. The van der Waals surface area contributed by atoms with Gasteiger partial charge in [0.1, 0.15) is 11.4 Å². The smallest absolute Gasteiger partial charge is 0.124 e. The first-order valence-corrected chi connectivity index (χ1v) is 10.0. The molecule has 0 bridgehead atoms. The topological polar surface area (TPSA) is 39.7 Å². The maximum Gasteiger partial charge on any atom is 0.124 e. The predicted molar refractivity (Wildman–Crippen MR) is 98.0 cm³/mol. The van der Waals surface area contributed by atoms with Crippen molar-refractivity contribution in [2.45, 2.75) is 56.6 Å². The van der Waals surface area contributed by atoms with Gasteiger partial charge in [-0.3, -0.25) is 0 Å². The fourth-order valence-corrected chi connectivity index (χ4v) is 4.29. The van der Waals surface area contributed by atoms with Crippen LogP contribution in [0.15, 0.2) is 24.3 Å². The molecule has 1 aliphatic carbocycles. The third kappa shape index (κ3) is 4.18. The van der Waals surface area contributed by atoms with Crippen molar-refractivity contribution in [3.8, 4) is 5.75 Å². The molecule has 1 spiro atoms. The summed E-state index contributed by atoms with van der Waals surface area (Å²) in [7, 11) is 0. The van der Waals surface area contributed by atoms with Gasteiger partial charge in [-0.25, -0.2) is 0 Å². The highest BCUT2D eigenvalue weighted by atomic mass is 16.5. The van der Waals surface area contributed by atoms with Gasteiger partial charge in [0, 0.05) is 44.5 Å². The van der Waals surface area contributed by atoms with Crippen LogP contribution in [0.5, 0.6) is 5.75 Å². The number of hydrogen-bond acceptors (Lipinski definition) is 4. The summed E-state index contributed by atoms with van der Waals surface area (Å²) < 4.78 is 17.6.